The van der Waals surface area contributed by atoms with Crippen LogP contribution in [-0.4, -0.2) is 102 Å². The van der Waals surface area contributed by atoms with Crippen molar-refractivity contribution in [3.05, 3.63) is 35.9 Å². The number of carboxylic acid groups (broad SMARTS) is 1. The van der Waals surface area contributed by atoms with Gasteiger partial charge in [-0.15, -0.1) is 0 Å². The number of fused-ring (bicyclic) bond motifs is 1. The Morgan fingerprint density at radius 2 is 1.60 bits per heavy atom. The SMILES string of the molecule is C=O.C=O.CC(=O)C(N)N(N)C(=O)C1CCC2CN(C)CC(=O)N21.CCc1ccccc1.NC1CCCCC1.O=CO. The number of nitrogens with two attached hydrogens (primary N) is 3. The van der Waals surface area contributed by atoms with E-state index >= 15 is 0 Å². The molecule has 13 nitrogen and oxygen atoms in total. The molecule has 1 aromatic carbocycles. The van der Waals surface area contributed by atoms with Crippen LogP contribution in [0.2, 0.25) is 0 Å². The summed E-state index contributed by atoms with van der Waals surface area (Å²) in [4.78, 5) is 63.6. The van der Waals surface area contributed by atoms with E-state index in [0.717, 1.165) is 24.4 Å². The number of rotatable bonds is 4. The van der Waals surface area contributed by atoms with Gasteiger partial charge in [0.15, 0.2) is 11.9 Å². The van der Waals surface area contributed by atoms with Crippen LogP contribution in [0.5, 0.6) is 0 Å². The molecule has 4 rings (SSSR count). The number of benzene rings is 1. The van der Waals surface area contributed by atoms with Gasteiger partial charge < -0.3 is 31.1 Å². The number of piperazine rings is 1. The lowest BCUT2D eigenvalue weighted by atomic mass is 9.97. The number of carbonyl (C=O) groups excluding carboxylic acids is 5. The zero-order chi connectivity index (χ0) is 32.7. The topological polar surface area (TPSA) is 210 Å². The van der Waals surface area contributed by atoms with E-state index in [2.05, 4.69) is 31.2 Å². The molecular formula is C29H50N6O7. The van der Waals surface area contributed by atoms with Gasteiger partial charge in [0.1, 0.15) is 19.6 Å². The number of hydrazine groups is 1. The maximum Gasteiger partial charge on any atom is 0.290 e. The van der Waals surface area contributed by atoms with Crippen LogP contribution >= 0.6 is 0 Å². The highest BCUT2D eigenvalue weighted by atomic mass is 16.3. The summed E-state index contributed by atoms with van der Waals surface area (Å²) in [6, 6.07) is 10.4. The fraction of sp³-hybridized carbons (Fsp3) is 0.586. The summed E-state index contributed by atoms with van der Waals surface area (Å²) >= 11 is 0. The first-order valence-corrected chi connectivity index (χ1v) is 13.9. The van der Waals surface area contributed by atoms with Gasteiger partial charge in [0.2, 0.25) is 5.91 Å². The second-order valence-corrected chi connectivity index (χ2v) is 9.89. The number of carbonyl (C=O) groups is 6. The highest BCUT2D eigenvalue weighted by Crippen LogP contribution is 2.28. The molecule has 1 saturated carbocycles. The first kappa shape index (κ1) is 40.6. The van der Waals surface area contributed by atoms with Crippen molar-refractivity contribution in [1.82, 2.24) is 14.8 Å². The van der Waals surface area contributed by atoms with Gasteiger partial charge in [0.25, 0.3) is 12.4 Å². The number of hydrogen-bond acceptors (Lipinski definition) is 10. The number of likely N-dealkylation sites (N-methyl/N-ethyl adjacent to an activating group) is 1. The first-order valence-electron chi connectivity index (χ1n) is 13.9. The second kappa shape index (κ2) is 24.1. The zero-order valence-electron chi connectivity index (χ0n) is 25.2. The summed E-state index contributed by atoms with van der Waals surface area (Å²) in [6.45, 7) is 8.23. The van der Waals surface area contributed by atoms with Crippen molar-refractivity contribution in [2.45, 2.75) is 89.5 Å². The lowest BCUT2D eigenvalue weighted by Crippen LogP contribution is -2.62. The van der Waals surface area contributed by atoms with Crippen LogP contribution in [0.3, 0.4) is 0 Å². The van der Waals surface area contributed by atoms with E-state index in [1.165, 1.54) is 44.6 Å². The molecule has 2 amide bonds. The largest absolute Gasteiger partial charge is 0.483 e. The van der Waals surface area contributed by atoms with Crippen molar-refractivity contribution < 1.29 is 33.9 Å². The Labute approximate surface area is 249 Å². The average Bonchev–Trinajstić information content (AvgIpc) is 3.44. The summed E-state index contributed by atoms with van der Waals surface area (Å²) in [5.74, 6) is 4.69. The molecule has 238 valence electrons. The average molecular weight is 595 g/mol. The number of amides is 2. The lowest BCUT2D eigenvalue weighted by molar-refractivity contribution is -0.151. The van der Waals surface area contributed by atoms with Gasteiger partial charge in [-0.3, -0.25) is 29.1 Å². The minimum absolute atomic E-state index is 0.0390. The highest BCUT2D eigenvalue weighted by Gasteiger charge is 2.45. The van der Waals surface area contributed by atoms with Crippen LogP contribution in [-0.2, 0) is 35.2 Å². The number of nitrogens with zero attached hydrogens (tertiary/aromatic N) is 3. The molecule has 3 aliphatic rings. The van der Waals surface area contributed by atoms with E-state index in [1.54, 1.807) is 4.90 Å². The highest BCUT2D eigenvalue weighted by molar-refractivity contribution is 5.92. The van der Waals surface area contributed by atoms with Crippen LogP contribution in [0.25, 0.3) is 0 Å². The van der Waals surface area contributed by atoms with E-state index in [-0.39, 0.29) is 24.2 Å². The third-order valence-electron chi connectivity index (χ3n) is 6.87. The molecular weight excluding hydrogens is 544 g/mol. The molecule has 1 aliphatic carbocycles. The molecule has 1 aromatic rings. The van der Waals surface area contributed by atoms with Gasteiger partial charge in [-0.05, 0) is 51.6 Å². The van der Waals surface area contributed by atoms with Crippen molar-refractivity contribution >= 4 is 37.6 Å². The smallest absolute Gasteiger partial charge is 0.290 e. The van der Waals surface area contributed by atoms with E-state index in [4.69, 9.17) is 36.8 Å². The molecule has 2 saturated heterocycles. The Kier molecular flexibility index (Phi) is 23.3. The summed E-state index contributed by atoms with van der Waals surface area (Å²) in [5, 5.41) is 7.64. The Morgan fingerprint density at radius 3 is 2.00 bits per heavy atom. The number of Topliss-reactive ketones (excluding diaryl/α,β-unsaturated/α-hetero) is 1. The molecule has 2 heterocycles. The van der Waals surface area contributed by atoms with E-state index in [1.807, 2.05) is 31.6 Å². The van der Waals surface area contributed by atoms with Gasteiger partial charge >= 0.3 is 0 Å². The second-order valence-electron chi connectivity index (χ2n) is 9.89. The fourth-order valence-corrected chi connectivity index (χ4v) is 4.77. The molecule has 42 heavy (non-hydrogen) atoms. The molecule has 3 atom stereocenters. The normalized spacial score (nSPS) is 19.9. The quantitative estimate of drug-likeness (QED) is 0.125. The van der Waals surface area contributed by atoms with Gasteiger partial charge in [-0.25, -0.2) is 5.84 Å². The van der Waals surface area contributed by atoms with Crippen LogP contribution in [0.1, 0.15) is 64.4 Å². The molecule has 0 bridgehead atoms. The Bertz CT molecular complexity index is 900. The van der Waals surface area contributed by atoms with Gasteiger partial charge in [0, 0.05) is 18.6 Å². The van der Waals surface area contributed by atoms with Crippen molar-refractivity contribution in [3.63, 3.8) is 0 Å². The first-order chi connectivity index (χ1) is 20.1. The third-order valence-corrected chi connectivity index (χ3v) is 6.87. The van der Waals surface area contributed by atoms with Crippen molar-refractivity contribution in [2.24, 2.45) is 17.3 Å². The van der Waals surface area contributed by atoms with E-state index in [0.29, 0.717) is 19.0 Å². The van der Waals surface area contributed by atoms with Crippen LogP contribution in [0.4, 0.5) is 0 Å². The van der Waals surface area contributed by atoms with Crippen molar-refractivity contribution in [2.75, 3.05) is 20.1 Å². The summed E-state index contributed by atoms with van der Waals surface area (Å²) in [6.07, 6.45) is 7.96. The summed E-state index contributed by atoms with van der Waals surface area (Å²) in [5.41, 5.74) is 12.6. The minimum atomic E-state index is -1.16. The Hall–Kier alpha value is -3.52. The van der Waals surface area contributed by atoms with Crippen molar-refractivity contribution in [1.29, 1.82) is 0 Å². The zero-order valence-corrected chi connectivity index (χ0v) is 25.2. The monoisotopic (exact) mass is 594 g/mol. The molecule has 3 fully saturated rings. The molecule has 3 unspecified atom stereocenters. The van der Waals surface area contributed by atoms with E-state index < -0.39 is 18.1 Å². The predicted molar refractivity (Wildman–Crippen MR) is 161 cm³/mol. The molecule has 13 heteroatoms. The van der Waals surface area contributed by atoms with Gasteiger partial charge in [0.05, 0.1) is 6.54 Å². The number of ketones is 1. The Morgan fingerprint density at radius 1 is 1.07 bits per heavy atom. The standard InChI is InChI=1S/C12H21N5O3.C8H10.C6H13N.CH2O2.2CH2O/c1-7(18)11(13)17(14)12(20)9-4-3-8-5-15(2)6-10(19)16(8)9;1-2-8-6-4-3-5-7-8;7-6-4-2-1-3-5-6;2-1-3;2*1-2/h8-9,11H,3-6,13-14H2,1-2H3;3-7H,2H2,1H3;6H,1-5,7H2;1H,(H,2,3);2*1H2. The molecule has 0 aromatic heterocycles. The molecule has 7 N–H and O–H groups in total. The molecule has 2 aliphatic heterocycles. The maximum atomic E-state index is 12.3. The van der Waals surface area contributed by atoms with Crippen LogP contribution < -0.4 is 17.3 Å². The van der Waals surface area contributed by atoms with Crippen LogP contribution in [0, 0.1) is 0 Å². The van der Waals surface area contributed by atoms with Crippen molar-refractivity contribution in [3.8, 4) is 0 Å². The van der Waals surface area contributed by atoms with Crippen LogP contribution in [0.15, 0.2) is 30.3 Å². The molecule has 0 spiro atoms. The predicted octanol–water partition coefficient (Wildman–Crippen LogP) is 0.725. The lowest BCUT2D eigenvalue weighted by Gasteiger charge is -2.38. The summed E-state index contributed by atoms with van der Waals surface area (Å²) < 4.78 is 0. The third kappa shape index (κ3) is 14.9. The fourth-order valence-electron chi connectivity index (χ4n) is 4.77. The summed E-state index contributed by atoms with van der Waals surface area (Å²) in [7, 11) is 1.88. The minimum Gasteiger partial charge on any atom is -0.483 e. The number of hydrogen-bond donors (Lipinski definition) is 4. The maximum absolute atomic E-state index is 12.3. The van der Waals surface area contributed by atoms with Gasteiger partial charge in [-0.2, -0.15) is 0 Å². The van der Waals surface area contributed by atoms with E-state index in [9.17, 15) is 14.4 Å². The van der Waals surface area contributed by atoms with Gasteiger partial charge in [-0.1, -0.05) is 56.5 Å². The molecule has 0 radical (unpaired) electrons. The Balaban J connectivity index is 0. The number of aryl methyl sites for hydroxylation is 1.